The molecule has 6 heteroatoms. The lowest BCUT2D eigenvalue weighted by atomic mass is 10.0. The molecule has 0 saturated heterocycles. The fourth-order valence-corrected chi connectivity index (χ4v) is 4.27. The third-order valence-electron chi connectivity index (χ3n) is 4.83. The van der Waals surface area contributed by atoms with Crippen LogP contribution < -0.4 is 4.74 Å². The Hall–Kier alpha value is -1.75. The summed E-state index contributed by atoms with van der Waals surface area (Å²) in [4.78, 5) is 0. The summed E-state index contributed by atoms with van der Waals surface area (Å²) in [6.45, 7) is 4.21. The van der Waals surface area contributed by atoms with Crippen LogP contribution in [0.25, 0.3) is 17.3 Å². The van der Waals surface area contributed by atoms with E-state index in [9.17, 15) is 0 Å². The number of nitrogens with zero attached hydrogens (tertiary/aromatic N) is 1. The van der Waals surface area contributed by atoms with Gasteiger partial charge in [0.05, 0.1) is 15.6 Å². The van der Waals surface area contributed by atoms with Gasteiger partial charge in [-0.15, -0.1) is 0 Å². The standard InChI is InChI=1S/C22H18BrCl2NO2/c1-2-13-10-16(9-8-15(13)11-23)27-12-17-21(26-28-22(17)14-6-7-14)20-18(24)4-3-5-19(20)25/h2-5,8-10,14H,1,6-7,11-12H2. The number of aromatic nitrogens is 1. The Bertz CT molecular complexity index is 1010. The normalized spacial score (nSPS) is 13.5. The van der Waals surface area contributed by atoms with Crippen molar-refractivity contribution in [1.29, 1.82) is 0 Å². The fourth-order valence-electron chi connectivity index (χ4n) is 3.18. The van der Waals surface area contributed by atoms with Gasteiger partial charge in [0.25, 0.3) is 0 Å². The lowest BCUT2D eigenvalue weighted by Gasteiger charge is -2.11. The van der Waals surface area contributed by atoms with Gasteiger partial charge in [0.15, 0.2) is 0 Å². The summed E-state index contributed by atoms with van der Waals surface area (Å²) < 4.78 is 11.8. The van der Waals surface area contributed by atoms with E-state index in [4.69, 9.17) is 32.5 Å². The van der Waals surface area contributed by atoms with Gasteiger partial charge in [0.2, 0.25) is 0 Å². The SMILES string of the molecule is C=Cc1cc(OCc2c(-c3c(Cl)cccc3Cl)noc2C2CC2)ccc1CBr. The van der Waals surface area contributed by atoms with Crippen molar-refractivity contribution in [2.24, 2.45) is 0 Å². The van der Waals surface area contributed by atoms with Crippen molar-refractivity contribution >= 4 is 45.2 Å². The van der Waals surface area contributed by atoms with Crippen molar-refractivity contribution in [3.05, 3.63) is 75.5 Å². The molecule has 1 aliphatic rings. The van der Waals surface area contributed by atoms with E-state index >= 15 is 0 Å². The first kappa shape index (κ1) is 19.6. The molecule has 1 heterocycles. The van der Waals surface area contributed by atoms with Crippen LogP contribution in [0, 0.1) is 0 Å². The van der Waals surface area contributed by atoms with E-state index in [1.807, 2.05) is 30.3 Å². The molecule has 1 aromatic heterocycles. The molecule has 0 aliphatic heterocycles. The number of benzene rings is 2. The first-order valence-corrected chi connectivity index (χ1v) is 10.9. The molecule has 1 aliphatic carbocycles. The minimum atomic E-state index is 0.330. The Morgan fingerprint density at radius 2 is 1.96 bits per heavy atom. The molecule has 0 bridgehead atoms. The van der Waals surface area contributed by atoms with Gasteiger partial charge in [0, 0.05) is 16.8 Å². The molecule has 3 nitrogen and oxygen atoms in total. The van der Waals surface area contributed by atoms with Crippen molar-refractivity contribution in [3.63, 3.8) is 0 Å². The molecule has 0 radical (unpaired) electrons. The Labute approximate surface area is 182 Å². The number of hydrogen-bond donors (Lipinski definition) is 0. The highest BCUT2D eigenvalue weighted by Crippen LogP contribution is 2.46. The first-order chi connectivity index (χ1) is 13.6. The Morgan fingerprint density at radius 1 is 1.21 bits per heavy atom. The first-order valence-electron chi connectivity index (χ1n) is 8.99. The van der Waals surface area contributed by atoms with Crippen LogP contribution >= 0.6 is 39.1 Å². The predicted molar refractivity (Wildman–Crippen MR) is 117 cm³/mol. The highest BCUT2D eigenvalue weighted by Gasteiger charge is 2.33. The zero-order valence-electron chi connectivity index (χ0n) is 15.1. The third-order valence-corrected chi connectivity index (χ3v) is 6.06. The molecule has 0 amide bonds. The second kappa shape index (κ2) is 8.32. The van der Waals surface area contributed by atoms with Gasteiger partial charge in [-0.05, 0) is 48.2 Å². The van der Waals surface area contributed by atoms with E-state index < -0.39 is 0 Å². The molecular weight excluding hydrogens is 461 g/mol. The molecule has 144 valence electrons. The maximum atomic E-state index is 6.41. The van der Waals surface area contributed by atoms with Crippen LogP contribution in [0.3, 0.4) is 0 Å². The quantitative estimate of drug-likeness (QED) is 0.327. The second-order valence-electron chi connectivity index (χ2n) is 6.73. The monoisotopic (exact) mass is 477 g/mol. The van der Waals surface area contributed by atoms with Crippen LogP contribution in [0.15, 0.2) is 47.5 Å². The van der Waals surface area contributed by atoms with Crippen LogP contribution in [-0.2, 0) is 11.9 Å². The molecule has 1 saturated carbocycles. The van der Waals surface area contributed by atoms with E-state index in [1.54, 1.807) is 12.1 Å². The molecule has 0 N–H and O–H groups in total. The number of hydrogen-bond acceptors (Lipinski definition) is 3. The number of halogens is 3. The Balaban J connectivity index is 1.68. The lowest BCUT2D eigenvalue weighted by Crippen LogP contribution is -2.00. The molecule has 28 heavy (non-hydrogen) atoms. The van der Waals surface area contributed by atoms with E-state index in [0.29, 0.717) is 33.8 Å². The van der Waals surface area contributed by atoms with Crippen molar-refractivity contribution in [1.82, 2.24) is 5.16 Å². The van der Waals surface area contributed by atoms with Gasteiger partial charge in [-0.1, -0.05) is 69.1 Å². The van der Waals surface area contributed by atoms with Crippen molar-refractivity contribution in [3.8, 4) is 17.0 Å². The van der Waals surface area contributed by atoms with E-state index in [1.165, 1.54) is 0 Å². The maximum Gasteiger partial charge on any atom is 0.147 e. The minimum absolute atomic E-state index is 0.330. The van der Waals surface area contributed by atoms with Gasteiger partial charge < -0.3 is 9.26 Å². The van der Waals surface area contributed by atoms with Crippen molar-refractivity contribution < 1.29 is 9.26 Å². The van der Waals surface area contributed by atoms with Gasteiger partial charge in [-0.3, -0.25) is 0 Å². The second-order valence-corrected chi connectivity index (χ2v) is 8.11. The summed E-state index contributed by atoms with van der Waals surface area (Å²) in [6.07, 6.45) is 4.02. The van der Waals surface area contributed by atoms with Crippen LogP contribution in [0.1, 0.15) is 41.2 Å². The third kappa shape index (κ3) is 3.86. The summed E-state index contributed by atoms with van der Waals surface area (Å²) in [5.74, 6) is 2.02. The van der Waals surface area contributed by atoms with Crippen LogP contribution in [0.4, 0.5) is 0 Å². The largest absolute Gasteiger partial charge is 0.489 e. The molecular formula is C22H18BrCl2NO2. The van der Waals surface area contributed by atoms with Crippen LogP contribution in [0.2, 0.25) is 10.0 Å². The molecule has 1 fully saturated rings. The molecule has 2 aromatic carbocycles. The fraction of sp³-hybridized carbons (Fsp3) is 0.227. The Kier molecular flexibility index (Phi) is 5.81. The zero-order chi connectivity index (χ0) is 19.7. The molecule has 3 aromatic rings. The van der Waals surface area contributed by atoms with Crippen molar-refractivity contribution in [2.45, 2.75) is 30.7 Å². The van der Waals surface area contributed by atoms with E-state index in [-0.39, 0.29) is 0 Å². The smallest absolute Gasteiger partial charge is 0.147 e. The van der Waals surface area contributed by atoms with Gasteiger partial charge in [-0.25, -0.2) is 0 Å². The zero-order valence-corrected chi connectivity index (χ0v) is 18.1. The highest BCUT2D eigenvalue weighted by atomic mass is 79.9. The maximum absolute atomic E-state index is 6.41. The predicted octanol–water partition coefficient (Wildman–Crippen LogP) is 7.64. The average molecular weight is 479 g/mol. The average Bonchev–Trinajstić information content (AvgIpc) is 3.47. The van der Waals surface area contributed by atoms with Crippen LogP contribution in [0.5, 0.6) is 5.75 Å². The number of rotatable bonds is 7. The van der Waals surface area contributed by atoms with E-state index in [2.05, 4.69) is 27.7 Å². The topological polar surface area (TPSA) is 35.3 Å². The molecule has 4 rings (SSSR count). The van der Waals surface area contributed by atoms with Crippen molar-refractivity contribution in [2.75, 3.05) is 0 Å². The van der Waals surface area contributed by atoms with E-state index in [0.717, 1.165) is 46.4 Å². The molecule has 0 unspecified atom stereocenters. The molecule has 0 atom stereocenters. The summed E-state index contributed by atoms with van der Waals surface area (Å²) >= 11 is 16.3. The summed E-state index contributed by atoms with van der Waals surface area (Å²) in [6, 6.07) is 11.4. The lowest BCUT2D eigenvalue weighted by molar-refractivity contribution is 0.300. The summed E-state index contributed by atoms with van der Waals surface area (Å²) in [5.41, 5.74) is 4.44. The summed E-state index contributed by atoms with van der Waals surface area (Å²) in [7, 11) is 0. The number of ether oxygens (including phenoxy) is 1. The van der Waals surface area contributed by atoms with Gasteiger partial charge >= 0.3 is 0 Å². The highest BCUT2D eigenvalue weighted by molar-refractivity contribution is 9.08. The van der Waals surface area contributed by atoms with Gasteiger partial charge in [0.1, 0.15) is 23.8 Å². The minimum Gasteiger partial charge on any atom is -0.489 e. The Morgan fingerprint density at radius 3 is 2.61 bits per heavy atom. The molecule has 0 spiro atoms. The van der Waals surface area contributed by atoms with Crippen LogP contribution in [-0.4, -0.2) is 5.16 Å². The summed E-state index contributed by atoms with van der Waals surface area (Å²) in [5, 5.41) is 6.14. The van der Waals surface area contributed by atoms with Gasteiger partial charge in [-0.2, -0.15) is 0 Å². The number of alkyl halides is 1.